The fourth-order valence-corrected chi connectivity index (χ4v) is 1.56. The summed E-state index contributed by atoms with van der Waals surface area (Å²) < 4.78 is 18.4. The first-order chi connectivity index (χ1) is 8.58. The smallest absolute Gasteiger partial charge is 0.322 e. The van der Waals surface area contributed by atoms with Gasteiger partial charge in [-0.2, -0.15) is 4.98 Å². The van der Waals surface area contributed by atoms with E-state index in [0.29, 0.717) is 11.4 Å². The highest BCUT2D eigenvalue weighted by Crippen LogP contribution is 2.28. The van der Waals surface area contributed by atoms with E-state index in [1.165, 1.54) is 18.2 Å². The normalized spacial score (nSPS) is 10.4. The van der Waals surface area contributed by atoms with Crippen LogP contribution >= 0.6 is 11.6 Å². The number of ether oxygens (including phenoxy) is 1. The summed E-state index contributed by atoms with van der Waals surface area (Å²) in [7, 11) is 0. The molecule has 0 aliphatic rings. The average Bonchev–Trinajstić information content (AvgIpc) is 2.33. The van der Waals surface area contributed by atoms with Gasteiger partial charge in [0.15, 0.2) is 5.75 Å². The van der Waals surface area contributed by atoms with Crippen molar-refractivity contribution in [2.45, 2.75) is 13.5 Å². The maximum Gasteiger partial charge on any atom is 0.322 e. The fourth-order valence-electron chi connectivity index (χ4n) is 1.41. The molecular weight excluding hydrogens is 257 g/mol. The van der Waals surface area contributed by atoms with Gasteiger partial charge in [-0.05, 0) is 25.1 Å². The lowest BCUT2D eigenvalue weighted by molar-refractivity contribution is 0.434. The molecule has 2 aromatic rings. The zero-order valence-electron chi connectivity index (χ0n) is 9.65. The van der Waals surface area contributed by atoms with Gasteiger partial charge in [-0.3, -0.25) is 0 Å². The molecule has 1 heterocycles. The van der Waals surface area contributed by atoms with E-state index >= 15 is 0 Å². The van der Waals surface area contributed by atoms with Gasteiger partial charge in [-0.15, -0.1) is 0 Å². The van der Waals surface area contributed by atoms with Gasteiger partial charge in [-0.1, -0.05) is 11.6 Å². The quantitative estimate of drug-likeness (QED) is 0.929. The van der Waals surface area contributed by atoms with Gasteiger partial charge >= 0.3 is 6.01 Å². The first-order valence-electron chi connectivity index (χ1n) is 5.26. The van der Waals surface area contributed by atoms with Gasteiger partial charge in [0.1, 0.15) is 5.82 Å². The molecule has 1 aromatic heterocycles. The molecule has 0 unspecified atom stereocenters. The Bertz CT molecular complexity index is 577. The van der Waals surface area contributed by atoms with Crippen LogP contribution in [-0.4, -0.2) is 9.97 Å². The molecular formula is C12H11ClFN3O. The third-order valence-electron chi connectivity index (χ3n) is 2.19. The van der Waals surface area contributed by atoms with Crippen molar-refractivity contribution in [3.63, 3.8) is 0 Å². The predicted molar refractivity (Wildman–Crippen MR) is 66.1 cm³/mol. The zero-order chi connectivity index (χ0) is 13.1. The predicted octanol–water partition coefficient (Wildman–Crippen LogP) is 2.83. The van der Waals surface area contributed by atoms with Gasteiger partial charge in [0.05, 0.1) is 10.7 Å². The highest BCUT2D eigenvalue weighted by Gasteiger charge is 2.08. The number of nitrogens with zero attached hydrogens (tertiary/aromatic N) is 2. The molecule has 0 saturated carbocycles. The Labute approximate surface area is 109 Å². The number of rotatable bonds is 3. The summed E-state index contributed by atoms with van der Waals surface area (Å²) in [6, 6.07) is 5.68. The Kier molecular flexibility index (Phi) is 3.74. The molecule has 6 heteroatoms. The molecule has 1 aromatic carbocycles. The number of halogens is 2. The first-order valence-corrected chi connectivity index (χ1v) is 5.64. The Morgan fingerprint density at radius 2 is 2.11 bits per heavy atom. The monoisotopic (exact) mass is 267 g/mol. The van der Waals surface area contributed by atoms with E-state index in [9.17, 15) is 4.39 Å². The third kappa shape index (κ3) is 2.94. The molecule has 0 spiro atoms. The summed E-state index contributed by atoms with van der Waals surface area (Å²) in [6.07, 6.45) is 0. The third-order valence-corrected chi connectivity index (χ3v) is 2.50. The summed E-state index contributed by atoms with van der Waals surface area (Å²) in [5.74, 6) is -0.272. The second kappa shape index (κ2) is 5.29. The highest BCUT2D eigenvalue weighted by molar-refractivity contribution is 6.32. The summed E-state index contributed by atoms with van der Waals surface area (Å²) in [4.78, 5) is 8.16. The van der Waals surface area contributed by atoms with E-state index in [4.69, 9.17) is 22.1 Å². The molecule has 0 saturated heterocycles. The van der Waals surface area contributed by atoms with E-state index in [1.54, 1.807) is 13.0 Å². The van der Waals surface area contributed by atoms with Crippen molar-refractivity contribution in [3.05, 3.63) is 46.5 Å². The van der Waals surface area contributed by atoms with Crippen LogP contribution in [-0.2, 0) is 6.54 Å². The van der Waals surface area contributed by atoms with Crippen LogP contribution in [0.2, 0.25) is 5.02 Å². The summed E-state index contributed by atoms with van der Waals surface area (Å²) in [5, 5.41) is 0.288. The van der Waals surface area contributed by atoms with Crippen molar-refractivity contribution in [3.8, 4) is 11.8 Å². The Hall–Kier alpha value is -1.72. The van der Waals surface area contributed by atoms with Gasteiger partial charge in [0.2, 0.25) is 0 Å². The molecule has 2 N–H and O–H groups in total. The summed E-state index contributed by atoms with van der Waals surface area (Å²) >= 11 is 5.89. The average molecular weight is 268 g/mol. The topological polar surface area (TPSA) is 61.0 Å². The van der Waals surface area contributed by atoms with Crippen molar-refractivity contribution < 1.29 is 9.13 Å². The van der Waals surface area contributed by atoms with Crippen molar-refractivity contribution in [1.82, 2.24) is 9.97 Å². The van der Waals surface area contributed by atoms with Crippen LogP contribution in [0.3, 0.4) is 0 Å². The molecule has 0 aliphatic heterocycles. The standard InChI is InChI=1S/C12H11ClFN3O/c1-7-4-9(6-15)17-12(16-7)18-11-5-8(14)2-3-10(11)13/h2-5H,6,15H2,1H3. The molecule has 0 radical (unpaired) electrons. The van der Waals surface area contributed by atoms with Crippen LogP contribution in [0.1, 0.15) is 11.4 Å². The first kappa shape index (κ1) is 12.7. The number of aromatic nitrogens is 2. The fraction of sp³-hybridized carbons (Fsp3) is 0.167. The number of aryl methyl sites for hydroxylation is 1. The van der Waals surface area contributed by atoms with Gasteiger partial charge in [0.25, 0.3) is 0 Å². The molecule has 0 aliphatic carbocycles. The summed E-state index contributed by atoms with van der Waals surface area (Å²) in [5.41, 5.74) is 6.86. The van der Waals surface area contributed by atoms with Crippen LogP contribution in [0, 0.1) is 12.7 Å². The molecule has 2 rings (SSSR count). The summed E-state index contributed by atoms with van der Waals surface area (Å²) in [6.45, 7) is 2.07. The second-order valence-electron chi connectivity index (χ2n) is 3.66. The lowest BCUT2D eigenvalue weighted by Crippen LogP contribution is -2.03. The Morgan fingerprint density at radius 3 is 2.83 bits per heavy atom. The minimum atomic E-state index is -0.443. The van der Waals surface area contributed by atoms with E-state index in [0.717, 1.165) is 0 Å². The lowest BCUT2D eigenvalue weighted by atomic mass is 10.3. The number of hydrogen-bond donors (Lipinski definition) is 1. The van der Waals surface area contributed by atoms with Gasteiger partial charge in [0, 0.05) is 18.3 Å². The lowest BCUT2D eigenvalue weighted by Gasteiger charge is -2.07. The van der Waals surface area contributed by atoms with Crippen LogP contribution in [0.5, 0.6) is 11.8 Å². The van der Waals surface area contributed by atoms with Crippen LogP contribution in [0.4, 0.5) is 4.39 Å². The van der Waals surface area contributed by atoms with E-state index in [-0.39, 0.29) is 23.3 Å². The molecule has 4 nitrogen and oxygen atoms in total. The van der Waals surface area contributed by atoms with Crippen molar-refractivity contribution in [2.24, 2.45) is 5.73 Å². The van der Waals surface area contributed by atoms with Gasteiger partial charge < -0.3 is 10.5 Å². The SMILES string of the molecule is Cc1cc(CN)nc(Oc2cc(F)ccc2Cl)n1. The molecule has 0 fully saturated rings. The molecule has 18 heavy (non-hydrogen) atoms. The highest BCUT2D eigenvalue weighted by atomic mass is 35.5. The molecule has 94 valence electrons. The number of hydrogen-bond acceptors (Lipinski definition) is 4. The maximum atomic E-state index is 13.1. The van der Waals surface area contributed by atoms with Crippen molar-refractivity contribution in [2.75, 3.05) is 0 Å². The minimum Gasteiger partial charge on any atom is -0.423 e. The Morgan fingerprint density at radius 1 is 1.33 bits per heavy atom. The molecule has 0 bridgehead atoms. The van der Waals surface area contributed by atoms with E-state index in [2.05, 4.69) is 9.97 Å². The van der Waals surface area contributed by atoms with E-state index < -0.39 is 5.82 Å². The molecule has 0 amide bonds. The second-order valence-corrected chi connectivity index (χ2v) is 4.07. The van der Waals surface area contributed by atoms with Crippen molar-refractivity contribution >= 4 is 11.6 Å². The number of nitrogens with two attached hydrogens (primary N) is 1. The zero-order valence-corrected chi connectivity index (χ0v) is 10.4. The largest absolute Gasteiger partial charge is 0.423 e. The maximum absolute atomic E-state index is 13.1. The Balaban J connectivity index is 2.33. The van der Waals surface area contributed by atoms with Crippen LogP contribution < -0.4 is 10.5 Å². The van der Waals surface area contributed by atoms with E-state index in [1.807, 2.05) is 0 Å². The minimum absolute atomic E-state index is 0.1000. The van der Waals surface area contributed by atoms with Crippen LogP contribution in [0.25, 0.3) is 0 Å². The number of benzene rings is 1. The van der Waals surface area contributed by atoms with Crippen molar-refractivity contribution in [1.29, 1.82) is 0 Å². The van der Waals surface area contributed by atoms with Crippen LogP contribution in [0.15, 0.2) is 24.3 Å². The molecule has 0 atom stereocenters. The van der Waals surface area contributed by atoms with Gasteiger partial charge in [-0.25, -0.2) is 9.37 Å².